The first-order chi connectivity index (χ1) is 14.2. The molecule has 1 N–H and O–H groups in total. The van der Waals surface area contributed by atoms with Crippen LogP contribution in [0.4, 0.5) is 5.69 Å². The van der Waals surface area contributed by atoms with Gasteiger partial charge in [0.2, 0.25) is 5.91 Å². The summed E-state index contributed by atoms with van der Waals surface area (Å²) in [5.41, 5.74) is 1.95. The van der Waals surface area contributed by atoms with Crippen LogP contribution in [0.3, 0.4) is 0 Å². The summed E-state index contributed by atoms with van der Waals surface area (Å²) in [6, 6.07) is 12.6. The number of nitrogens with zero attached hydrogens (tertiary/aromatic N) is 5. The zero-order valence-corrected chi connectivity index (χ0v) is 16.4. The highest BCUT2D eigenvalue weighted by atomic mass is 16.2. The lowest BCUT2D eigenvalue weighted by atomic mass is 10.2. The third-order valence-electron chi connectivity index (χ3n) is 5.11. The molecule has 1 aromatic carbocycles. The molecule has 0 aliphatic carbocycles. The maximum Gasteiger partial charge on any atom is 0.276 e. The molecule has 4 rings (SSSR count). The lowest BCUT2D eigenvalue weighted by Gasteiger charge is -2.25. The second kappa shape index (κ2) is 8.30. The first kappa shape index (κ1) is 18.9. The molecule has 1 aliphatic heterocycles. The van der Waals surface area contributed by atoms with Gasteiger partial charge in [0, 0.05) is 31.2 Å². The largest absolute Gasteiger partial charge is 0.335 e. The number of fused-ring (bicyclic) bond motifs is 1. The molecule has 150 valence electrons. The van der Waals surface area contributed by atoms with Gasteiger partial charge >= 0.3 is 0 Å². The normalized spacial score (nSPS) is 14.7. The Morgan fingerprint density at radius 3 is 2.72 bits per heavy atom. The zero-order valence-electron chi connectivity index (χ0n) is 16.4. The average Bonchev–Trinajstić information content (AvgIpc) is 3.35. The van der Waals surface area contributed by atoms with Gasteiger partial charge in [0.25, 0.3) is 5.91 Å². The van der Waals surface area contributed by atoms with E-state index in [0.717, 1.165) is 17.8 Å². The number of carbonyl (C=O) groups excluding carboxylic acids is 2. The Morgan fingerprint density at radius 1 is 1.17 bits per heavy atom. The van der Waals surface area contributed by atoms with Gasteiger partial charge in [-0.2, -0.15) is 10.2 Å². The van der Waals surface area contributed by atoms with Gasteiger partial charge in [-0.3, -0.25) is 19.0 Å². The Bertz CT molecular complexity index is 980. The predicted octanol–water partition coefficient (Wildman–Crippen LogP) is 2.72. The minimum absolute atomic E-state index is 0.0427. The Labute approximate surface area is 169 Å². The van der Waals surface area contributed by atoms with Crippen LogP contribution in [-0.2, 0) is 17.9 Å². The van der Waals surface area contributed by atoms with Crippen molar-refractivity contribution in [1.82, 2.24) is 24.5 Å². The summed E-state index contributed by atoms with van der Waals surface area (Å²) in [5, 5.41) is 11.6. The number of nitrogens with one attached hydrogen (secondary N) is 1. The standard InChI is InChI=1S/C21H24N6O2/c1-2-19(27-12-6-10-22-27)21(29)25-11-7-13-26-17(15-25)14-18(24-26)20(28)23-16-8-4-3-5-9-16/h3-6,8-10,12,14,19H,2,7,11,13,15H2,1H3,(H,23,28). The van der Waals surface area contributed by atoms with E-state index in [9.17, 15) is 9.59 Å². The van der Waals surface area contributed by atoms with Crippen molar-refractivity contribution >= 4 is 17.5 Å². The first-order valence-corrected chi connectivity index (χ1v) is 9.86. The van der Waals surface area contributed by atoms with E-state index in [1.54, 1.807) is 16.9 Å². The maximum atomic E-state index is 13.1. The minimum Gasteiger partial charge on any atom is -0.335 e. The van der Waals surface area contributed by atoms with Crippen LogP contribution in [0.1, 0.15) is 42.0 Å². The van der Waals surface area contributed by atoms with Crippen LogP contribution in [0, 0.1) is 0 Å². The van der Waals surface area contributed by atoms with Crippen molar-refractivity contribution in [3.05, 3.63) is 66.2 Å². The van der Waals surface area contributed by atoms with Crippen LogP contribution in [0.25, 0.3) is 0 Å². The number of rotatable bonds is 5. The van der Waals surface area contributed by atoms with Crippen molar-refractivity contribution in [3.63, 3.8) is 0 Å². The van der Waals surface area contributed by atoms with Crippen molar-refractivity contribution in [2.45, 2.75) is 38.9 Å². The van der Waals surface area contributed by atoms with Crippen LogP contribution in [-0.4, -0.2) is 42.8 Å². The highest BCUT2D eigenvalue weighted by Gasteiger charge is 2.28. The molecule has 1 aliphatic rings. The zero-order chi connectivity index (χ0) is 20.2. The van der Waals surface area contributed by atoms with Gasteiger partial charge < -0.3 is 10.2 Å². The number of aromatic nitrogens is 4. The Hall–Kier alpha value is -3.42. The van der Waals surface area contributed by atoms with E-state index in [4.69, 9.17) is 0 Å². The molecule has 8 nitrogen and oxygen atoms in total. The summed E-state index contributed by atoms with van der Waals surface area (Å²) >= 11 is 0. The highest BCUT2D eigenvalue weighted by molar-refractivity contribution is 6.02. The van der Waals surface area contributed by atoms with Crippen molar-refractivity contribution in [1.29, 1.82) is 0 Å². The minimum atomic E-state index is -0.319. The number of anilines is 1. The molecule has 29 heavy (non-hydrogen) atoms. The average molecular weight is 392 g/mol. The molecule has 3 aromatic rings. The number of hydrogen-bond acceptors (Lipinski definition) is 4. The monoisotopic (exact) mass is 392 g/mol. The first-order valence-electron chi connectivity index (χ1n) is 9.86. The fraction of sp³-hybridized carbons (Fsp3) is 0.333. The molecule has 0 radical (unpaired) electrons. The van der Waals surface area contributed by atoms with Gasteiger partial charge in [-0.05, 0) is 37.1 Å². The Balaban J connectivity index is 1.50. The topological polar surface area (TPSA) is 85.0 Å². The van der Waals surface area contributed by atoms with Crippen LogP contribution >= 0.6 is 0 Å². The lowest BCUT2D eigenvalue weighted by Crippen LogP contribution is -2.37. The molecular formula is C21H24N6O2. The molecule has 0 spiro atoms. The van der Waals surface area contributed by atoms with Gasteiger partial charge in [0.15, 0.2) is 5.69 Å². The number of carbonyl (C=O) groups is 2. The Morgan fingerprint density at radius 2 is 2.00 bits per heavy atom. The van der Waals surface area contributed by atoms with Crippen molar-refractivity contribution in [2.75, 3.05) is 11.9 Å². The van der Waals surface area contributed by atoms with E-state index in [1.807, 2.05) is 59.1 Å². The van der Waals surface area contributed by atoms with Crippen LogP contribution < -0.4 is 5.32 Å². The van der Waals surface area contributed by atoms with Gasteiger partial charge in [0.05, 0.1) is 12.2 Å². The lowest BCUT2D eigenvalue weighted by molar-refractivity contribution is -0.135. The maximum absolute atomic E-state index is 13.1. The van der Waals surface area contributed by atoms with Crippen molar-refractivity contribution in [2.24, 2.45) is 0 Å². The molecule has 1 unspecified atom stereocenters. The molecule has 0 fully saturated rings. The number of para-hydroxylation sites is 1. The molecule has 1 atom stereocenters. The van der Waals surface area contributed by atoms with E-state index >= 15 is 0 Å². The SMILES string of the molecule is CCC(C(=O)N1CCCn2nc(C(=O)Nc3ccccc3)cc2C1)n1cccn1. The van der Waals surface area contributed by atoms with Gasteiger partial charge in [0.1, 0.15) is 6.04 Å². The number of amides is 2. The molecule has 0 bridgehead atoms. The summed E-state index contributed by atoms with van der Waals surface area (Å²) in [4.78, 5) is 27.5. The molecule has 2 amide bonds. The molecule has 8 heteroatoms. The van der Waals surface area contributed by atoms with E-state index in [0.29, 0.717) is 31.7 Å². The quantitative estimate of drug-likeness (QED) is 0.723. The van der Waals surface area contributed by atoms with E-state index in [2.05, 4.69) is 15.5 Å². The smallest absolute Gasteiger partial charge is 0.276 e. The molecule has 2 aromatic heterocycles. The summed E-state index contributed by atoms with van der Waals surface area (Å²) in [7, 11) is 0. The molecule has 0 saturated carbocycles. The summed E-state index contributed by atoms with van der Waals surface area (Å²) in [6.45, 7) is 3.75. The van der Waals surface area contributed by atoms with E-state index in [-0.39, 0.29) is 17.9 Å². The molecule has 0 saturated heterocycles. The highest BCUT2D eigenvalue weighted by Crippen LogP contribution is 2.20. The van der Waals surface area contributed by atoms with Crippen molar-refractivity contribution in [3.8, 4) is 0 Å². The fourth-order valence-electron chi connectivity index (χ4n) is 3.63. The summed E-state index contributed by atoms with van der Waals surface area (Å²) in [5.74, 6) is -0.209. The van der Waals surface area contributed by atoms with E-state index < -0.39 is 0 Å². The third kappa shape index (κ3) is 4.06. The van der Waals surface area contributed by atoms with E-state index in [1.165, 1.54) is 0 Å². The van der Waals surface area contributed by atoms with Crippen LogP contribution in [0.15, 0.2) is 54.9 Å². The van der Waals surface area contributed by atoms with Gasteiger partial charge in [-0.15, -0.1) is 0 Å². The second-order valence-corrected chi connectivity index (χ2v) is 7.09. The number of benzene rings is 1. The Kier molecular flexibility index (Phi) is 5.41. The fourth-order valence-corrected chi connectivity index (χ4v) is 3.63. The second-order valence-electron chi connectivity index (χ2n) is 7.09. The summed E-state index contributed by atoms with van der Waals surface area (Å²) < 4.78 is 3.55. The number of hydrogen-bond donors (Lipinski definition) is 1. The molecule has 3 heterocycles. The number of aryl methyl sites for hydroxylation is 1. The van der Waals surface area contributed by atoms with Crippen LogP contribution in [0.5, 0.6) is 0 Å². The predicted molar refractivity (Wildman–Crippen MR) is 108 cm³/mol. The van der Waals surface area contributed by atoms with Crippen LogP contribution in [0.2, 0.25) is 0 Å². The third-order valence-corrected chi connectivity index (χ3v) is 5.11. The van der Waals surface area contributed by atoms with Gasteiger partial charge in [-0.25, -0.2) is 0 Å². The van der Waals surface area contributed by atoms with Gasteiger partial charge in [-0.1, -0.05) is 25.1 Å². The van der Waals surface area contributed by atoms with Crippen molar-refractivity contribution < 1.29 is 9.59 Å². The molecular weight excluding hydrogens is 368 g/mol. The summed E-state index contributed by atoms with van der Waals surface area (Å²) in [6.07, 6.45) is 4.96.